The SMILES string of the molecule is Cc1cccc(CNC(=O)[C@H](C)Sc2ccc(=O)n(-c3ccc(C)c(Cl)c3)n2)c1. The Labute approximate surface area is 179 Å². The average Bonchev–Trinajstić information content (AvgIpc) is 2.69. The lowest BCUT2D eigenvalue weighted by molar-refractivity contribution is -0.120. The van der Waals surface area contributed by atoms with Gasteiger partial charge in [-0.25, -0.2) is 0 Å². The summed E-state index contributed by atoms with van der Waals surface area (Å²) in [7, 11) is 0. The highest BCUT2D eigenvalue weighted by molar-refractivity contribution is 8.00. The molecular weight excluding hydrogens is 406 g/mol. The molecule has 0 aliphatic carbocycles. The summed E-state index contributed by atoms with van der Waals surface area (Å²) in [5.41, 5.74) is 3.46. The fraction of sp³-hybridized carbons (Fsp3) is 0.227. The zero-order valence-corrected chi connectivity index (χ0v) is 18.1. The van der Waals surface area contributed by atoms with Gasteiger partial charge in [0.2, 0.25) is 5.91 Å². The van der Waals surface area contributed by atoms with Crippen LogP contribution >= 0.6 is 23.4 Å². The number of rotatable bonds is 6. The second kappa shape index (κ2) is 9.29. The first-order valence-electron chi connectivity index (χ1n) is 9.20. The number of nitrogens with zero attached hydrogens (tertiary/aromatic N) is 2. The van der Waals surface area contributed by atoms with Crippen molar-refractivity contribution >= 4 is 29.3 Å². The molecule has 1 amide bonds. The van der Waals surface area contributed by atoms with Gasteiger partial charge in [0, 0.05) is 17.6 Å². The zero-order valence-electron chi connectivity index (χ0n) is 16.5. The van der Waals surface area contributed by atoms with Crippen molar-refractivity contribution in [2.24, 2.45) is 0 Å². The number of thioether (sulfide) groups is 1. The molecule has 1 atom stereocenters. The summed E-state index contributed by atoms with van der Waals surface area (Å²) in [6, 6.07) is 16.4. The molecular formula is C22H22ClN3O2S. The minimum atomic E-state index is -0.361. The summed E-state index contributed by atoms with van der Waals surface area (Å²) in [6.07, 6.45) is 0. The van der Waals surface area contributed by atoms with Crippen LogP contribution in [0, 0.1) is 13.8 Å². The lowest BCUT2D eigenvalue weighted by Gasteiger charge is -2.13. The van der Waals surface area contributed by atoms with E-state index >= 15 is 0 Å². The van der Waals surface area contributed by atoms with Gasteiger partial charge in [-0.3, -0.25) is 9.59 Å². The maximum Gasteiger partial charge on any atom is 0.271 e. The highest BCUT2D eigenvalue weighted by atomic mass is 35.5. The normalized spacial score (nSPS) is 11.9. The maximum absolute atomic E-state index is 12.5. The lowest BCUT2D eigenvalue weighted by atomic mass is 10.1. The summed E-state index contributed by atoms with van der Waals surface area (Å²) in [5.74, 6) is -0.0885. The van der Waals surface area contributed by atoms with E-state index in [1.165, 1.54) is 22.5 Å². The van der Waals surface area contributed by atoms with Crippen molar-refractivity contribution in [2.75, 3.05) is 0 Å². The first-order chi connectivity index (χ1) is 13.8. The predicted molar refractivity (Wildman–Crippen MR) is 118 cm³/mol. The van der Waals surface area contributed by atoms with E-state index in [4.69, 9.17) is 11.6 Å². The van der Waals surface area contributed by atoms with Crippen LogP contribution in [0.1, 0.15) is 23.6 Å². The van der Waals surface area contributed by atoms with Crippen LogP contribution in [-0.2, 0) is 11.3 Å². The Morgan fingerprint density at radius 3 is 2.69 bits per heavy atom. The van der Waals surface area contributed by atoms with Crippen LogP contribution < -0.4 is 10.9 Å². The van der Waals surface area contributed by atoms with E-state index in [0.29, 0.717) is 22.3 Å². The van der Waals surface area contributed by atoms with Gasteiger partial charge in [-0.1, -0.05) is 59.3 Å². The van der Waals surface area contributed by atoms with Crippen molar-refractivity contribution in [1.82, 2.24) is 15.1 Å². The summed E-state index contributed by atoms with van der Waals surface area (Å²) >= 11 is 7.47. The minimum absolute atomic E-state index is 0.0885. The number of benzene rings is 2. The molecule has 0 spiro atoms. The molecule has 29 heavy (non-hydrogen) atoms. The van der Waals surface area contributed by atoms with Gasteiger partial charge in [-0.2, -0.15) is 9.78 Å². The van der Waals surface area contributed by atoms with Crippen LogP contribution in [-0.4, -0.2) is 20.9 Å². The summed E-state index contributed by atoms with van der Waals surface area (Å²) in [5, 5.41) is 8.13. The largest absolute Gasteiger partial charge is 0.351 e. The molecule has 7 heteroatoms. The van der Waals surface area contributed by atoms with Crippen molar-refractivity contribution in [2.45, 2.75) is 37.6 Å². The van der Waals surface area contributed by atoms with Gasteiger partial charge in [-0.05, 0) is 50.1 Å². The van der Waals surface area contributed by atoms with Gasteiger partial charge in [0.15, 0.2) is 0 Å². The van der Waals surface area contributed by atoms with Crippen LogP contribution in [0.5, 0.6) is 0 Å². The third-order valence-electron chi connectivity index (χ3n) is 4.39. The van der Waals surface area contributed by atoms with Crippen molar-refractivity contribution in [3.63, 3.8) is 0 Å². The molecule has 0 bridgehead atoms. The van der Waals surface area contributed by atoms with E-state index in [0.717, 1.165) is 16.7 Å². The predicted octanol–water partition coefficient (Wildman–Crippen LogP) is 4.30. The number of hydrogen-bond acceptors (Lipinski definition) is 4. The topological polar surface area (TPSA) is 64.0 Å². The number of aryl methyl sites for hydroxylation is 2. The summed E-state index contributed by atoms with van der Waals surface area (Å²) in [4.78, 5) is 24.7. The van der Waals surface area contributed by atoms with Crippen LogP contribution in [0.3, 0.4) is 0 Å². The molecule has 2 aromatic carbocycles. The summed E-state index contributed by atoms with van der Waals surface area (Å²) in [6.45, 7) is 6.20. The van der Waals surface area contributed by atoms with E-state index in [1.54, 1.807) is 18.2 Å². The standard InChI is InChI=1S/C22H22ClN3O2S/c1-14-5-4-6-17(11-14)13-24-22(28)16(3)29-20-9-10-21(27)26(25-20)18-8-7-15(2)19(23)12-18/h4-12,16H,13H2,1-3H3,(H,24,28)/t16-/m0/s1. The first-order valence-corrected chi connectivity index (χ1v) is 10.5. The highest BCUT2D eigenvalue weighted by Gasteiger charge is 2.16. The number of halogens is 1. The molecule has 3 aromatic rings. The summed E-state index contributed by atoms with van der Waals surface area (Å²) < 4.78 is 1.30. The lowest BCUT2D eigenvalue weighted by Crippen LogP contribution is -2.30. The number of carbonyl (C=O) groups excluding carboxylic acids is 1. The van der Waals surface area contributed by atoms with E-state index in [9.17, 15) is 9.59 Å². The van der Waals surface area contributed by atoms with Gasteiger partial charge < -0.3 is 5.32 Å². The molecule has 1 N–H and O–H groups in total. The van der Waals surface area contributed by atoms with Gasteiger partial charge in [0.1, 0.15) is 5.03 Å². The van der Waals surface area contributed by atoms with Gasteiger partial charge >= 0.3 is 0 Å². The van der Waals surface area contributed by atoms with Crippen molar-refractivity contribution in [1.29, 1.82) is 0 Å². The third-order valence-corrected chi connectivity index (χ3v) is 5.83. The Kier molecular flexibility index (Phi) is 6.77. The quantitative estimate of drug-likeness (QED) is 0.595. The Bertz CT molecular complexity index is 1100. The van der Waals surface area contributed by atoms with Crippen LogP contribution in [0.2, 0.25) is 5.02 Å². The van der Waals surface area contributed by atoms with E-state index < -0.39 is 0 Å². The zero-order chi connectivity index (χ0) is 21.0. The van der Waals surface area contributed by atoms with E-state index in [2.05, 4.69) is 10.4 Å². The third kappa shape index (κ3) is 5.49. The molecule has 1 heterocycles. The molecule has 150 valence electrons. The number of carbonyl (C=O) groups is 1. The smallest absolute Gasteiger partial charge is 0.271 e. The Balaban J connectivity index is 1.70. The molecule has 0 fully saturated rings. The number of aromatic nitrogens is 2. The Hall–Kier alpha value is -2.57. The molecule has 0 radical (unpaired) electrons. The number of nitrogens with one attached hydrogen (secondary N) is 1. The van der Waals surface area contributed by atoms with Crippen molar-refractivity contribution in [3.8, 4) is 5.69 Å². The van der Waals surface area contributed by atoms with Crippen LogP contribution in [0.25, 0.3) is 5.69 Å². The Morgan fingerprint density at radius 2 is 1.97 bits per heavy atom. The molecule has 3 rings (SSSR count). The molecule has 0 saturated carbocycles. The minimum Gasteiger partial charge on any atom is -0.351 e. The van der Waals surface area contributed by atoms with Gasteiger partial charge in [0.25, 0.3) is 5.56 Å². The monoisotopic (exact) mass is 427 g/mol. The number of amides is 1. The van der Waals surface area contributed by atoms with Crippen LogP contribution in [0.15, 0.2) is 64.4 Å². The fourth-order valence-electron chi connectivity index (χ4n) is 2.75. The molecule has 0 aliphatic heterocycles. The first kappa shape index (κ1) is 21.1. The van der Waals surface area contributed by atoms with Gasteiger partial charge in [-0.15, -0.1) is 0 Å². The molecule has 5 nitrogen and oxygen atoms in total. The number of hydrogen-bond donors (Lipinski definition) is 1. The molecule has 1 aromatic heterocycles. The average molecular weight is 428 g/mol. The molecule has 0 aliphatic rings. The van der Waals surface area contributed by atoms with E-state index in [1.807, 2.05) is 51.1 Å². The van der Waals surface area contributed by atoms with Crippen molar-refractivity contribution in [3.05, 3.63) is 86.7 Å². The highest BCUT2D eigenvalue weighted by Crippen LogP contribution is 2.22. The maximum atomic E-state index is 12.5. The van der Waals surface area contributed by atoms with Crippen LogP contribution in [0.4, 0.5) is 0 Å². The molecule has 0 unspecified atom stereocenters. The fourth-order valence-corrected chi connectivity index (χ4v) is 3.75. The van der Waals surface area contributed by atoms with Gasteiger partial charge in [0.05, 0.1) is 10.9 Å². The second-order valence-electron chi connectivity index (χ2n) is 6.82. The van der Waals surface area contributed by atoms with Crippen molar-refractivity contribution < 1.29 is 4.79 Å². The molecule has 0 saturated heterocycles. The van der Waals surface area contributed by atoms with E-state index in [-0.39, 0.29) is 16.7 Å². The second-order valence-corrected chi connectivity index (χ2v) is 8.59. The Morgan fingerprint density at radius 1 is 1.17 bits per heavy atom.